The molecule has 4 rings (SSSR count). The molecule has 1 unspecified atom stereocenters. The van der Waals surface area contributed by atoms with E-state index in [1.807, 2.05) is 6.07 Å². The lowest BCUT2D eigenvalue weighted by Crippen LogP contribution is -2.41. The lowest BCUT2D eigenvalue weighted by atomic mass is 9.88. The van der Waals surface area contributed by atoms with Gasteiger partial charge in [0.15, 0.2) is 0 Å². The molecule has 1 fully saturated rings. The van der Waals surface area contributed by atoms with E-state index in [9.17, 15) is 5.11 Å². The van der Waals surface area contributed by atoms with Crippen LogP contribution in [0.3, 0.4) is 0 Å². The summed E-state index contributed by atoms with van der Waals surface area (Å²) in [5, 5.41) is 17.5. The van der Waals surface area contributed by atoms with E-state index in [1.165, 1.54) is 5.56 Å². The third kappa shape index (κ3) is 3.70. The highest BCUT2D eigenvalue weighted by Gasteiger charge is 2.28. The van der Waals surface area contributed by atoms with E-state index < -0.39 is 0 Å². The second-order valence-electron chi connectivity index (χ2n) is 7.66. The summed E-state index contributed by atoms with van der Waals surface area (Å²) in [4.78, 5) is 11.0. The predicted octanol–water partition coefficient (Wildman–Crippen LogP) is 3.40. The van der Waals surface area contributed by atoms with Crippen molar-refractivity contribution in [1.82, 2.24) is 25.1 Å². The molecule has 0 saturated carbocycles. The van der Waals surface area contributed by atoms with Crippen LogP contribution in [0.1, 0.15) is 36.9 Å². The third-order valence-electron chi connectivity index (χ3n) is 5.78. The second kappa shape index (κ2) is 8.20. The number of hydrogen-bond acceptors (Lipinski definition) is 5. The highest BCUT2D eigenvalue weighted by molar-refractivity contribution is 5.81. The molecule has 1 atom stereocenters. The van der Waals surface area contributed by atoms with Crippen molar-refractivity contribution < 1.29 is 5.11 Å². The van der Waals surface area contributed by atoms with Gasteiger partial charge in [0.25, 0.3) is 0 Å². The topological polar surface area (TPSA) is 77.9 Å². The number of nitrogens with zero attached hydrogens (tertiary/aromatic N) is 4. The minimum atomic E-state index is 0.207. The number of aliphatic hydroxyl groups is 1. The normalized spacial score (nSPS) is 17.0. The first-order valence-corrected chi connectivity index (χ1v) is 9.94. The first-order chi connectivity index (χ1) is 13.7. The van der Waals surface area contributed by atoms with Gasteiger partial charge in [0.2, 0.25) is 0 Å². The quantitative estimate of drug-likeness (QED) is 0.712. The van der Waals surface area contributed by atoms with Crippen molar-refractivity contribution in [3.63, 3.8) is 0 Å². The van der Waals surface area contributed by atoms with Crippen LogP contribution in [-0.4, -0.2) is 55.9 Å². The average Bonchev–Trinajstić information content (AvgIpc) is 3.19. The fourth-order valence-electron chi connectivity index (χ4n) is 4.01. The number of piperidine rings is 1. The van der Waals surface area contributed by atoms with Crippen molar-refractivity contribution in [1.29, 1.82) is 0 Å². The van der Waals surface area contributed by atoms with E-state index in [0.29, 0.717) is 5.92 Å². The van der Waals surface area contributed by atoms with Crippen molar-refractivity contribution in [2.24, 2.45) is 0 Å². The maximum absolute atomic E-state index is 9.44. The maximum atomic E-state index is 9.44. The van der Waals surface area contributed by atoms with Gasteiger partial charge in [0.05, 0.1) is 12.3 Å². The van der Waals surface area contributed by atoms with E-state index >= 15 is 0 Å². The van der Waals surface area contributed by atoms with Gasteiger partial charge < -0.3 is 5.11 Å². The minimum absolute atomic E-state index is 0.207. The van der Waals surface area contributed by atoms with Gasteiger partial charge in [0, 0.05) is 35.0 Å². The van der Waals surface area contributed by atoms with Crippen LogP contribution < -0.4 is 0 Å². The van der Waals surface area contributed by atoms with E-state index in [-0.39, 0.29) is 12.6 Å². The zero-order valence-corrected chi connectivity index (χ0v) is 16.5. The van der Waals surface area contributed by atoms with Crippen molar-refractivity contribution in [2.75, 3.05) is 19.7 Å². The van der Waals surface area contributed by atoms with Crippen molar-refractivity contribution >= 4 is 0 Å². The molecular weight excluding hydrogens is 350 g/mol. The van der Waals surface area contributed by atoms with Gasteiger partial charge >= 0.3 is 0 Å². The molecule has 146 valence electrons. The van der Waals surface area contributed by atoms with E-state index in [2.05, 4.69) is 58.1 Å². The Kier molecular flexibility index (Phi) is 5.50. The number of aromatic nitrogens is 4. The Morgan fingerprint density at radius 2 is 1.93 bits per heavy atom. The van der Waals surface area contributed by atoms with Gasteiger partial charge in [-0.1, -0.05) is 29.8 Å². The molecule has 3 heterocycles. The maximum Gasteiger partial charge on any atom is 0.116 e. The number of rotatable bonds is 5. The third-order valence-corrected chi connectivity index (χ3v) is 5.78. The molecule has 0 amide bonds. The van der Waals surface area contributed by atoms with Gasteiger partial charge in [-0.2, -0.15) is 5.10 Å². The summed E-state index contributed by atoms with van der Waals surface area (Å²) < 4.78 is 0. The van der Waals surface area contributed by atoms with Gasteiger partial charge in [-0.3, -0.25) is 10.00 Å². The molecule has 6 heteroatoms. The molecule has 2 N–H and O–H groups in total. The van der Waals surface area contributed by atoms with Crippen LogP contribution in [0.25, 0.3) is 22.5 Å². The van der Waals surface area contributed by atoms with Gasteiger partial charge in [-0.05, 0) is 45.8 Å². The largest absolute Gasteiger partial charge is 0.395 e. The number of aliphatic hydroxyl groups excluding tert-OH is 1. The highest BCUT2D eigenvalue weighted by Crippen LogP contribution is 2.39. The summed E-state index contributed by atoms with van der Waals surface area (Å²) in [6.45, 7) is 6.34. The average molecular weight is 377 g/mol. The van der Waals surface area contributed by atoms with Crippen LogP contribution in [0.5, 0.6) is 0 Å². The Hall–Kier alpha value is -2.57. The van der Waals surface area contributed by atoms with Crippen molar-refractivity contribution in [2.45, 2.75) is 38.6 Å². The number of aryl methyl sites for hydroxylation is 1. The summed E-state index contributed by atoms with van der Waals surface area (Å²) >= 11 is 0. The number of benzene rings is 1. The zero-order chi connectivity index (χ0) is 19.5. The summed E-state index contributed by atoms with van der Waals surface area (Å²) in [5.74, 6) is 0.402. The predicted molar refractivity (Wildman–Crippen MR) is 110 cm³/mol. The lowest BCUT2D eigenvalue weighted by molar-refractivity contribution is 0.108. The Balaban J connectivity index is 1.69. The number of hydrogen-bond donors (Lipinski definition) is 2. The van der Waals surface area contributed by atoms with Crippen molar-refractivity contribution in [3.8, 4) is 22.5 Å². The van der Waals surface area contributed by atoms with Crippen LogP contribution in [0.4, 0.5) is 0 Å². The first kappa shape index (κ1) is 18.8. The Morgan fingerprint density at radius 1 is 1.18 bits per heavy atom. The summed E-state index contributed by atoms with van der Waals surface area (Å²) in [6, 6.07) is 10.6. The van der Waals surface area contributed by atoms with Crippen molar-refractivity contribution in [3.05, 3.63) is 54.1 Å². The Morgan fingerprint density at radius 3 is 2.57 bits per heavy atom. The molecule has 1 aliphatic heterocycles. The van der Waals surface area contributed by atoms with Gasteiger partial charge in [-0.15, -0.1) is 0 Å². The monoisotopic (exact) mass is 377 g/mol. The molecule has 0 bridgehead atoms. The molecule has 6 nitrogen and oxygen atoms in total. The Labute approximate surface area is 165 Å². The molecule has 1 aliphatic rings. The fourth-order valence-corrected chi connectivity index (χ4v) is 4.01. The Bertz CT molecular complexity index is 898. The lowest BCUT2D eigenvalue weighted by Gasteiger charge is -2.35. The van der Waals surface area contributed by atoms with E-state index in [1.54, 1.807) is 12.5 Å². The number of H-pyrrole nitrogens is 1. The minimum Gasteiger partial charge on any atom is -0.395 e. The molecule has 2 aromatic heterocycles. The van der Waals surface area contributed by atoms with Crippen LogP contribution >= 0.6 is 0 Å². The van der Waals surface area contributed by atoms with E-state index in [4.69, 9.17) is 5.10 Å². The second-order valence-corrected chi connectivity index (χ2v) is 7.66. The van der Waals surface area contributed by atoms with Crippen LogP contribution in [-0.2, 0) is 0 Å². The summed E-state index contributed by atoms with van der Waals surface area (Å²) in [6.07, 6.45) is 5.45. The molecule has 3 aromatic rings. The standard InChI is InChI=1S/C22H27N5O/c1-15-3-5-17(6-4-15)21-20(19-7-10-23-14-24-19)22(26-25-21)18-8-11-27(12-9-18)16(2)13-28/h3-7,10,14,16,18,28H,8-9,11-13H2,1-2H3,(H,25,26). The fraction of sp³-hybridized carbons (Fsp3) is 0.409. The van der Waals surface area contributed by atoms with Crippen LogP contribution in [0, 0.1) is 6.92 Å². The molecule has 0 aliphatic carbocycles. The SMILES string of the molecule is Cc1ccc(-c2n[nH]c(C3CCN(C(C)CO)CC3)c2-c2ccncn2)cc1. The smallest absolute Gasteiger partial charge is 0.116 e. The molecular formula is C22H27N5O. The highest BCUT2D eigenvalue weighted by atomic mass is 16.3. The molecule has 0 radical (unpaired) electrons. The summed E-state index contributed by atoms with van der Waals surface area (Å²) in [5.41, 5.74) is 6.41. The van der Waals surface area contributed by atoms with Crippen LogP contribution in [0.2, 0.25) is 0 Å². The summed E-state index contributed by atoms with van der Waals surface area (Å²) in [7, 11) is 0. The number of likely N-dealkylation sites (tertiary alicyclic amines) is 1. The van der Waals surface area contributed by atoms with Gasteiger partial charge in [0.1, 0.15) is 12.0 Å². The van der Waals surface area contributed by atoms with Crippen LogP contribution in [0.15, 0.2) is 42.9 Å². The number of nitrogens with one attached hydrogen (secondary N) is 1. The molecule has 1 aromatic carbocycles. The van der Waals surface area contributed by atoms with Gasteiger partial charge in [-0.25, -0.2) is 9.97 Å². The molecule has 28 heavy (non-hydrogen) atoms. The molecule has 0 spiro atoms. The number of aromatic amines is 1. The zero-order valence-electron chi connectivity index (χ0n) is 16.5. The first-order valence-electron chi connectivity index (χ1n) is 9.94. The van der Waals surface area contributed by atoms with E-state index in [0.717, 1.165) is 54.1 Å². The molecule has 1 saturated heterocycles.